The van der Waals surface area contributed by atoms with Crippen molar-refractivity contribution in [1.29, 1.82) is 0 Å². The van der Waals surface area contributed by atoms with Gasteiger partial charge < -0.3 is 14.8 Å². The Bertz CT molecular complexity index is 748. The molecule has 2 rings (SSSR count). The molecule has 1 amide bonds. The molecule has 0 aliphatic heterocycles. The molecule has 25 heavy (non-hydrogen) atoms. The molecule has 0 heterocycles. The van der Waals surface area contributed by atoms with Crippen LogP contribution in [0.15, 0.2) is 54.6 Å². The summed E-state index contributed by atoms with van der Waals surface area (Å²) in [6.07, 6.45) is 0. The molecule has 0 fully saturated rings. The lowest BCUT2D eigenvalue weighted by molar-refractivity contribution is -0.143. The highest BCUT2D eigenvalue weighted by Gasteiger charge is 2.12. The Kier molecular flexibility index (Phi) is 6.65. The van der Waals surface area contributed by atoms with Crippen LogP contribution in [0, 0.1) is 5.82 Å². The number of amides is 1. The summed E-state index contributed by atoms with van der Waals surface area (Å²) in [6.45, 7) is -0.673. The highest BCUT2D eigenvalue weighted by molar-refractivity contribution is 5.96. The van der Waals surface area contributed by atoms with Crippen LogP contribution in [0.25, 0.3) is 0 Å². The summed E-state index contributed by atoms with van der Waals surface area (Å²) < 4.78 is 23.2. The molecule has 7 heteroatoms. The Labute approximate surface area is 143 Å². The number of ether oxygens (including phenoxy) is 2. The van der Waals surface area contributed by atoms with Gasteiger partial charge >= 0.3 is 11.9 Å². The minimum absolute atomic E-state index is 0.110. The van der Waals surface area contributed by atoms with Crippen LogP contribution < -0.4 is 5.32 Å². The average molecular weight is 345 g/mol. The number of benzene rings is 2. The van der Waals surface area contributed by atoms with E-state index in [-0.39, 0.29) is 18.8 Å². The number of hydrogen-bond acceptors (Lipinski definition) is 5. The first kappa shape index (κ1) is 18.1. The van der Waals surface area contributed by atoms with E-state index >= 15 is 0 Å². The third-order valence-electron chi connectivity index (χ3n) is 3.10. The van der Waals surface area contributed by atoms with Gasteiger partial charge in [-0.1, -0.05) is 30.3 Å². The van der Waals surface area contributed by atoms with E-state index in [1.807, 2.05) is 0 Å². The zero-order valence-electron chi connectivity index (χ0n) is 13.2. The van der Waals surface area contributed by atoms with Gasteiger partial charge in [-0.3, -0.25) is 9.59 Å². The first-order valence-corrected chi connectivity index (χ1v) is 7.48. The lowest BCUT2D eigenvalue weighted by Gasteiger charge is -2.08. The molecule has 0 aromatic heterocycles. The van der Waals surface area contributed by atoms with Crippen molar-refractivity contribution >= 4 is 17.8 Å². The van der Waals surface area contributed by atoms with E-state index in [9.17, 15) is 18.8 Å². The summed E-state index contributed by atoms with van der Waals surface area (Å²) in [6, 6.07) is 13.8. The fraction of sp³-hybridized carbons (Fsp3) is 0.167. The molecule has 0 aliphatic rings. The van der Waals surface area contributed by atoms with Crippen molar-refractivity contribution in [1.82, 2.24) is 5.32 Å². The van der Waals surface area contributed by atoms with Gasteiger partial charge in [0.15, 0.2) is 0 Å². The van der Waals surface area contributed by atoms with Crippen molar-refractivity contribution in [2.75, 3.05) is 19.8 Å². The third kappa shape index (κ3) is 5.72. The van der Waals surface area contributed by atoms with Crippen molar-refractivity contribution in [3.05, 3.63) is 71.5 Å². The second-order valence-corrected chi connectivity index (χ2v) is 4.88. The van der Waals surface area contributed by atoms with Crippen LogP contribution in [0.3, 0.4) is 0 Å². The number of carbonyl (C=O) groups excluding carboxylic acids is 3. The Morgan fingerprint density at radius 1 is 0.880 bits per heavy atom. The van der Waals surface area contributed by atoms with Gasteiger partial charge in [0.1, 0.15) is 25.6 Å². The maximum absolute atomic E-state index is 13.4. The maximum Gasteiger partial charge on any atom is 0.338 e. The van der Waals surface area contributed by atoms with Crippen LogP contribution in [0.2, 0.25) is 0 Å². The molecule has 0 atom stereocenters. The van der Waals surface area contributed by atoms with Gasteiger partial charge in [0.05, 0.1) is 11.1 Å². The summed E-state index contributed by atoms with van der Waals surface area (Å²) in [7, 11) is 0. The molecule has 0 unspecified atom stereocenters. The third-order valence-corrected chi connectivity index (χ3v) is 3.10. The molecule has 1 N–H and O–H groups in total. The number of nitrogens with one attached hydrogen (secondary N) is 1. The monoisotopic (exact) mass is 345 g/mol. The van der Waals surface area contributed by atoms with Gasteiger partial charge in [0.2, 0.25) is 0 Å². The minimum Gasteiger partial charge on any atom is -0.461 e. The summed E-state index contributed by atoms with van der Waals surface area (Å²) in [4.78, 5) is 34.9. The summed E-state index contributed by atoms with van der Waals surface area (Å²) >= 11 is 0. The van der Waals surface area contributed by atoms with Gasteiger partial charge in [0.25, 0.3) is 5.91 Å². The molecule has 0 saturated carbocycles. The summed E-state index contributed by atoms with van der Waals surface area (Å²) in [5, 5.41) is 2.25. The summed E-state index contributed by atoms with van der Waals surface area (Å²) in [5.74, 6) is -2.64. The zero-order chi connectivity index (χ0) is 18.1. The number of rotatable bonds is 7. The minimum atomic E-state index is -0.722. The molecule has 6 nitrogen and oxygen atoms in total. The topological polar surface area (TPSA) is 81.7 Å². The normalized spacial score (nSPS) is 9.96. The molecule has 0 spiro atoms. The van der Waals surface area contributed by atoms with E-state index in [4.69, 9.17) is 9.47 Å². The van der Waals surface area contributed by atoms with Gasteiger partial charge in [0, 0.05) is 0 Å². The standard InChI is InChI=1S/C18H16FNO5/c19-15-9-5-4-8-14(15)17(22)20-12-16(21)24-10-11-25-18(23)13-6-2-1-3-7-13/h1-9H,10-12H2,(H,20,22). The van der Waals surface area contributed by atoms with Crippen LogP contribution in [-0.4, -0.2) is 37.6 Å². The van der Waals surface area contributed by atoms with E-state index in [1.165, 1.54) is 18.2 Å². The molecule has 2 aromatic rings. The van der Waals surface area contributed by atoms with Crippen LogP contribution in [-0.2, 0) is 14.3 Å². The quantitative estimate of drug-likeness (QED) is 0.613. The van der Waals surface area contributed by atoms with E-state index in [1.54, 1.807) is 30.3 Å². The molecule has 0 saturated heterocycles. The van der Waals surface area contributed by atoms with Crippen molar-refractivity contribution < 1.29 is 28.2 Å². The lowest BCUT2D eigenvalue weighted by Crippen LogP contribution is -2.31. The van der Waals surface area contributed by atoms with Gasteiger partial charge in [-0.25, -0.2) is 9.18 Å². The van der Waals surface area contributed by atoms with Crippen LogP contribution >= 0.6 is 0 Å². The second kappa shape index (κ2) is 9.17. The Morgan fingerprint density at radius 2 is 1.52 bits per heavy atom. The highest BCUT2D eigenvalue weighted by Crippen LogP contribution is 2.05. The number of carbonyl (C=O) groups is 3. The van der Waals surface area contributed by atoms with Crippen molar-refractivity contribution in [3.63, 3.8) is 0 Å². The number of halogens is 1. The molecule has 0 bridgehead atoms. The highest BCUT2D eigenvalue weighted by atomic mass is 19.1. The Balaban J connectivity index is 1.65. The van der Waals surface area contributed by atoms with Crippen molar-refractivity contribution in [2.45, 2.75) is 0 Å². The van der Waals surface area contributed by atoms with E-state index in [0.29, 0.717) is 5.56 Å². The van der Waals surface area contributed by atoms with E-state index in [0.717, 1.165) is 6.07 Å². The van der Waals surface area contributed by atoms with E-state index < -0.39 is 30.2 Å². The van der Waals surface area contributed by atoms with E-state index in [2.05, 4.69) is 5.32 Å². The van der Waals surface area contributed by atoms with Crippen LogP contribution in [0.5, 0.6) is 0 Å². The number of hydrogen-bond donors (Lipinski definition) is 1. The fourth-order valence-corrected chi connectivity index (χ4v) is 1.89. The largest absolute Gasteiger partial charge is 0.461 e. The fourth-order valence-electron chi connectivity index (χ4n) is 1.89. The molecule has 0 aliphatic carbocycles. The summed E-state index contributed by atoms with van der Waals surface area (Å²) in [5.41, 5.74) is 0.234. The van der Waals surface area contributed by atoms with Crippen LogP contribution in [0.1, 0.15) is 20.7 Å². The SMILES string of the molecule is O=C(CNC(=O)c1ccccc1F)OCCOC(=O)c1ccccc1. The Hall–Kier alpha value is -3.22. The molecule has 2 aromatic carbocycles. The van der Waals surface area contributed by atoms with Gasteiger partial charge in [-0.2, -0.15) is 0 Å². The zero-order valence-corrected chi connectivity index (χ0v) is 13.2. The van der Waals surface area contributed by atoms with Crippen LogP contribution in [0.4, 0.5) is 4.39 Å². The first-order chi connectivity index (χ1) is 12.1. The maximum atomic E-state index is 13.4. The number of esters is 2. The smallest absolute Gasteiger partial charge is 0.338 e. The van der Waals surface area contributed by atoms with Crippen molar-refractivity contribution in [2.24, 2.45) is 0 Å². The molecule has 130 valence electrons. The second-order valence-electron chi connectivity index (χ2n) is 4.88. The predicted octanol–water partition coefficient (Wildman–Crippen LogP) is 1.96. The van der Waals surface area contributed by atoms with Gasteiger partial charge in [-0.05, 0) is 24.3 Å². The van der Waals surface area contributed by atoms with Gasteiger partial charge in [-0.15, -0.1) is 0 Å². The molecular weight excluding hydrogens is 329 g/mol. The lowest BCUT2D eigenvalue weighted by atomic mass is 10.2. The van der Waals surface area contributed by atoms with Crippen molar-refractivity contribution in [3.8, 4) is 0 Å². The predicted molar refractivity (Wildman–Crippen MR) is 86.4 cm³/mol. The Morgan fingerprint density at radius 3 is 2.24 bits per heavy atom. The molecule has 0 radical (unpaired) electrons. The average Bonchev–Trinajstić information content (AvgIpc) is 2.64. The molecular formula is C18H16FNO5. The first-order valence-electron chi connectivity index (χ1n) is 7.48.